The van der Waals surface area contributed by atoms with E-state index in [1.807, 2.05) is 0 Å². The van der Waals surface area contributed by atoms with E-state index in [9.17, 15) is 0 Å². The molecule has 0 N–H and O–H groups in total. The number of fused-ring (bicyclic) bond motifs is 4. The van der Waals surface area contributed by atoms with E-state index in [1.165, 1.54) is 5.57 Å². The van der Waals surface area contributed by atoms with Crippen LogP contribution in [0.15, 0.2) is 46.6 Å². The summed E-state index contributed by atoms with van der Waals surface area (Å²) in [6.07, 6.45) is 10.9. The molecule has 0 spiro atoms. The van der Waals surface area contributed by atoms with Gasteiger partial charge in [0.15, 0.2) is 0 Å². The van der Waals surface area contributed by atoms with E-state index in [0.29, 0.717) is 17.3 Å². The van der Waals surface area contributed by atoms with Crippen molar-refractivity contribution < 1.29 is 0 Å². The first-order valence-electron chi connectivity index (χ1n) is 6.30. The van der Waals surface area contributed by atoms with Crippen molar-refractivity contribution in [2.24, 2.45) is 17.3 Å². The van der Waals surface area contributed by atoms with Gasteiger partial charge in [0.1, 0.15) is 0 Å². The predicted molar refractivity (Wildman–Crippen MR) is 69.1 cm³/mol. The summed E-state index contributed by atoms with van der Waals surface area (Å²) < 4.78 is 0. The second kappa shape index (κ2) is 3.00. The van der Waals surface area contributed by atoms with Gasteiger partial charge in [0.05, 0.1) is 0 Å². The first kappa shape index (κ1) is 10.1. The predicted octanol–water partition coefficient (Wildman–Crippen LogP) is 4.42. The van der Waals surface area contributed by atoms with Crippen LogP contribution in [-0.2, 0) is 0 Å². The molecular formula is C16H20. The highest BCUT2D eigenvalue weighted by molar-refractivity contribution is 5.58. The van der Waals surface area contributed by atoms with Crippen molar-refractivity contribution in [1.82, 2.24) is 0 Å². The summed E-state index contributed by atoms with van der Waals surface area (Å²) in [4.78, 5) is 0. The molecule has 2 atom stereocenters. The monoisotopic (exact) mass is 212 g/mol. The van der Waals surface area contributed by atoms with E-state index < -0.39 is 0 Å². The SMILES string of the molecule is CC(C)=C1C2C=CC1C(C)(C)C1=CCC=C12. The molecule has 0 radical (unpaired) electrons. The van der Waals surface area contributed by atoms with Crippen LogP contribution in [0.25, 0.3) is 0 Å². The summed E-state index contributed by atoms with van der Waals surface area (Å²) in [7, 11) is 0. The molecule has 2 unspecified atom stereocenters. The van der Waals surface area contributed by atoms with Gasteiger partial charge in [0, 0.05) is 11.8 Å². The van der Waals surface area contributed by atoms with Gasteiger partial charge in [-0.25, -0.2) is 0 Å². The molecule has 0 saturated heterocycles. The molecule has 0 nitrogen and oxygen atoms in total. The first-order chi connectivity index (χ1) is 7.53. The van der Waals surface area contributed by atoms with Crippen molar-refractivity contribution in [3.8, 4) is 0 Å². The van der Waals surface area contributed by atoms with Gasteiger partial charge in [-0.15, -0.1) is 0 Å². The average molecular weight is 212 g/mol. The van der Waals surface area contributed by atoms with Gasteiger partial charge >= 0.3 is 0 Å². The Morgan fingerprint density at radius 3 is 2.62 bits per heavy atom. The summed E-state index contributed by atoms with van der Waals surface area (Å²) >= 11 is 0. The number of hydrogen-bond donors (Lipinski definition) is 0. The Balaban J connectivity index is 2.24. The minimum Gasteiger partial charge on any atom is -0.0795 e. The minimum atomic E-state index is 0.290. The quantitative estimate of drug-likeness (QED) is 0.521. The lowest BCUT2D eigenvalue weighted by molar-refractivity contribution is 0.340. The average Bonchev–Trinajstić information content (AvgIpc) is 2.81. The molecular weight excluding hydrogens is 192 g/mol. The van der Waals surface area contributed by atoms with Crippen LogP contribution in [0.2, 0.25) is 0 Å². The fourth-order valence-corrected chi connectivity index (χ4v) is 3.77. The van der Waals surface area contributed by atoms with Crippen molar-refractivity contribution in [3.05, 3.63) is 46.6 Å². The van der Waals surface area contributed by atoms with E-state index in [4.69, 9.17) is 0 Å². The molecule has 0 aliphatic heterocycles. The zero-order valence-electron chi connectivity index (χ0n) is 10.7. The molecule has 3 rings (SSSR count). The Morgan fingerprint density at radius 2 is 1.94 bits per heavy atom. The normalized spacial score (nSPS) is 33.6. The summed E-state index contributed by atoms with van der Waals surface area (Å²) in [5.74, 6) is 1.22. The highest BCUT2D eigenvalue weighted by Gasteiger charge is 2.47. The third-order valence-corrected chi connectivity index (χ3v) is 4.52. The standard InChI is InChI=1S/C16H20/c1-10(2)15-12-8-9-14(15)16(3,4)13-7-5-6-11(12)13/h6-9,12,14H,5H2,1-4H3. The van der Waals surface area contributed by atoms with Gasteiger partial charge in [-0.3, -0.25) is 0 Å². The largest absolute Gasteiger partial charge is 0.0795 e. The zero-order valence-corrected chi connectivity index (χ0v) is 10.7. The molecule has 0 aromatic carbocycles. The van der Waals surface area contributed by atoms with Crippen LogP contribution >= 0.6 is 0 Å². The van der Waals surface area contributed by atoms with Gasteiger partial charge < -0.3 is 0 Å². The molecule has 16 heavy (non-hydrogen) atoms. The molecule has 0 heterocycles. The Bertz CT molecular complexity index is 462. The Labute approximate surface area is 98.4 Å². The molecule has 0 aromatic rings. The summed E-state index contributed by atoms with van der Waals surface area (Å²) in [6, 6.07) is 0. The molecule has 1 saturated carbocycles. The van der Waals surface area contributed by atoms with Crippen LogP contribution in [0.4, 0.5) is 0 Å². The van der Waals surface area contributed by atoms with Crippen molar-refractivity contribution in [2.75, 3.05) is 0 Å². The lowest BCUT2D eigenvalue weighted by Gasteiger charge is -2.42. The van der Waals surface area contributed by atoms with E-state index >= 15 is 0 Å². The van der Waals surface area contributed by atoms with Crippen molar-refractivity contribution in [2.45, 2.75) is 34.1 Å². The molecule has 3 aliphatic carbocycles. The molecule has 3 aliphatic rings. The molecule has 1 fully saturated rings. The lowest BCUT2D eigenvalue weighted by atomic mass is 9.61. The van der Waals surface area contributed by atoms with E-state index in [1.54, 1.807) is 16.7 Å². The summed E-state index contributed by atoms with van der Waals surface area (Å²) in [6.45, 7) is 9.33. The first-order valence-corrected chi connectivity index (χ1v) is 6.30. The summed E-state index contributed by atoms with van der Waals surface area (Å²) in [5.41, 5.74) is 6.66. The maximum Gasteiger partial charge on any atom is 0.0237 e. The fraction of sp³-hybridized carbons (Fsp3) is 0.500. The fourth-order valence-electron chi connectivity index (χ4n) is 3.77. The van der Waals surface area contributed by atoms with Crippen LogP contribution in [0, 0.1) is 17.3 Å². The third-order valence-electron chi connectivity index (χ3n) is 4.52. The van der Waals surface area contributed by atoms with E-state index in [-0.39, 0.29) is 0 Å². The number of allylic oxidation sites excluding steroid dienone is 8. The number of rotatable bonds is 0. The maximum absolute atomic E-state index is 2.44. The van der Waals surface area contributed by atoms with Crippen LogP contribution in [0.5, 0.6) is 0 Å². The van der Waals surface area contributed by atoms with Crippen LogP contribution in [0.1, 0.15) is 34.1 Å². The number of hydrogen-bond acceptors (Lipinski definition) is 0. The Morgan fingerprint density at radius 1 is 1.19 bits per heavy atom. The molecule has 0 heteroatoms. The highest BCUT2D eigenvalue weighted by Crippen LogP contribution is 2.58. The highest BCUT2D eigenvalue weighted by atomic mass is 14.5. The zero-order chi connectivity index (χ0) is 11.5. The van der Waals surface area contributed by atoms with Crippen LogP contribution < -0.4 is 0 Å². The van der Waals surface area contributed by atoms with Gasteiger partial charge in [0.2, 0.25) is 0 Å². The second-order valence-corrected chi connectivity index (χ2v) is 6.03. The Hall–Kier alpha value is -1.04. The maximum atomic E-state index is 2.44. The van der Waals surface area contributed by atoms with Gasteiger partial charge in [0.25, 0.3) is 0 Å². The molecule has 2 bridgehead atoms. The lowest BCUT2D eigenvalue weighted by Crippen LogP contribution is -2.33. The molecule has 0 amide bonds. The van der Waals surface area contributed by atoms with Gasteiger partial charge in [-0.1, -0.05) is 49.3 Å². The van der Waals surface area contributed by atoms with Gasteiger partial charge in [-0.05, 0) is 36.8 Å². The van der Waals surface area contributed by atoms with E-state index in [2.05, 4.69) is 52.0 Å². The van der Waals surface area contributed by atoms with Crippen molar-refractivity contribution >= 4 is 0 Å². The van der Waals surface area contributed by atoms with Gasteiger partial charge in [-0.2, -0.15) is 0 Å². The smallest absolute Gasteiger partial charge is 0.0237 e. The van der Waals surface area contributed by atoms with E-state index in [0.717, 1.165) is 6.42 Å². The topological polar surface area (TPSA) is 0 Å². The molecule has 84 valence electrons. The molecule has 0 aromatic heterocycles. The third kappa shape index (κ3) is 1.05. The van der Waals surface area contributed by atoms with Crippen LogP contribution in [0.3, 0.4) is 0 Å². The summed E-state index contributed by atoms with van der Waals surface area (Å²) in [5, 5.41) is 0. The van der Waals surface area contributed by atoms with Crippen molar-refractivity contribution in [3.63, 3.8) is 0 Å². The van der Waals surface area contributed by atoms with Crippen LogP contribution in [-0.4, -0.2) is 0 Å². The van der Waals surface area contributed by atoms with Crippen molar-refractivity contribution in [1.29, 1.82) is 0 Å². The Kier molecular flexibility index (Phi) is 1.90. The minimum absolute atomic E-state index is 0.290. The second-order valence-electron chi connectivity index (χ2n) is 6.03.